The number of fused-ring (bicyclic) bond motifs is 1. The Morgan fingerprint density at radius 2 is 1.87 bits per heavy atom. The van der Waals surface area contributed by atoms with Crippen molar-refractivity contribution in [2.45, 2.75) is 19.5 Å². The van der Waals surface area contributed by atoms with Crippen LogP contribution in [0.5, 0.6) is 11.5 Å². The van der Waals surface area contributed by atoms with Crippen molar-refractivity contribution in [3.05, 3.63) is 84.3 Å². The fourth-order valence-electron chi connectivity index (χ4n) is 3.17. The normalized spacial score (nSPS) is 11.5. The number of halogens is 3. The quantitative estimate of drug-likeness (QED) is 0.407. The lowest BCUT2D eigenvalue weighted by molar-refractivity contribution is -0.137. The number of carbonyl (C=O) groups excluding carboxylic acids is 1. The maximum absolute atomic E-state index is 12.9. The Labute approximate surface area is 176 Å². The third-order valence-electron chi connectivity index (χ3n) is 4.71. The summed E-state index contributed by atoms with van der Waals surface area (Å²) in [5, 5.41) is 3.25. The van der Waals surface area contributed by atoms with Gasteiger partial charge in [-0.05, 0) is 55.0 Å². The molecule has 0 spiro atoms. The molecule has 1 N–H and O–H groups in total. The highest BCUT2D eigenvalue weighted by Crippen LogP contribution is 2.31. The first-order valence-corrected chi connectivity index (χ1v) is 9.56. The molecule has 4 rings (SSSR count). The lowest BCUT2D eigenvalue weighted by Gasteiger charge is -2.11. The highest BCUT2D eigenvalue weighted by Gasteiger charge is 2.30. The Hall–Kier alpha value is -3.81. The molecule has 0 fully saturated rings. The van der Waals surface area contributed by atoms with Gasteiger partial charge in [0.05, 0.1) is 11.1 Å². The Morgan fingerprint density at radius 3 is 2.65 bits per heavy atom. The second-order valence-corrected chi connectivity index (χ2v) is 6.85. The van der Waals surface area contributed by atoms with E-state index in [0.717, 1.165) is 29.6 Å². The van der Waals surface area contributed by atoms with Crippen molar-refractivity contribution >= 4 is 22.6 Å². The first-order valence-electron chi connectivity index (χ1n) is 9.56. The number of amides is 1. The van der Waals surface area contributed by atoms with Gasteiger partial charge in [-0.2, -0.15) is 13.2 Å². The summed E-state index contributed by atoms with van der Waals surface area (Å²) >= 11 is 0. The Kier molecular flexibility index (Phi) is 5.37. The number of nitrogens with zero attached hydrogens (tertiary/aromatic N) is 2. The fourth-order valence-corrected chi connectivity index (χ4v) is 3.17. The molecule has 2 aromatic heterocycles. The SMILES string of the molecule is CCc1cc(Oc2ccc3c(ccn3C(=O)Nc3cccc(C(F)(F)F)c3)c2)ccn1. The van der Waals surface area contributed by atoms with Crippen LogP contribution < -0.4 is 10.1 Å². The molecule has 0 aliphatic rings. The van der Waals surface area contributed by atoms with Crippen LogP contribution in [-0.2, 0) is 12.6 Å². The molecular weight excluding hydrogens is 407 g/mol. The van der Waals surface area contributed by atoms with E-state index in [1.807, 2.05) is 13.0 Å². The van der Waals surface area contributed by atoms with Crippen molar-refractivity contribution < 1.29 is 22.7 Å². The van der Waals surface area contributed by atoms with Gasteiger partial charge in [-0.15, -0.1) is 0 Å². The number of carbonyl (C=O) groups is 1. The minimum Gasteiger partial charge on any atom is -0.457 e. The van der Waals surface area contributed by atoms with Crippen LogP contribution in [0.25, 0.3) is 10.9 Å². The molecule has 0 saturated carbocycles. The zero-order valence-corrected chi connectivity index (χ0v) is 16.5. The number of pyridine rings is 1. The highest BCUT2D eigenvalue weighted by atomic mass is 19.4. The molecule has 0 atom stereocenters. The zero-order valence-electron chi connectivity index (χ0n) is 16.5. The number of ether oxygens (including phenoxy) is 1. The zero-order chi connectivity index (χ0) is 22.0. The van der Waals surface area contributed by atoms with Crippen molar-refractivity contribution in [1.29, 1.82) is 0 Å². The maximum atomic E-state index is 12.9. The molecule has 0 radical (unpaired) electrons. The molecular formula is C23H18F3N3O2. The van der Waals surface area contributed by atoms with Gasteiger partial charge in [0, 0.05) is 35.2 Å². The first-order chi connectivity index (χ1) is 14.8. The van der Waals surface area contributed by atoms with Gasteiger partial charge in [0.2, 0.25) is 0 Å². The fraction of sp³-hybridized carbons (Fsp3) is 0.130. The molecule has 0 aliphatic carbocycles. The number of nitrogens with one attached hydrogen (secondary N) is 1. The average Bonchev–Trinajstić information content (AvgIpc) is 3.17. The van der Waals surface area contributed by atoms with Crippen molar-refractivity contribution in [1.82, 2.24) is 9.55 Å². The number of aromatic nitrogens is 2. The largest absolute Gasteiger partial charge is 0.457 e. The molecule has 4 aromatic rings. The third kappa shape index (κ3) is 4.53. The number of hydrogen-bond donors (Lipinski definition) is 1. The molecule has 0 saturated heterocycles. The average molecular weight is 425 g/mol. The standard InChI is InChI=1S/C23H18F3N3O2/c1-2-17-14-20(8-10-27-17)31-19-6-7-21-15(12-19)9-11-29(21)22(30)28-18-5-3-4-16(13-18)23(24,25)26/h3-14H,2H2,1H3,(H,28,30). The van der Waals surface area contributed by atoms with Crippen LogP contribution in [0, 0.1) is 0 Å². The van der Waals surface area contributed by atoms with E-state index < -0.39 is 17.8 Å². The van der Waals surface area contributed by atoms with Gasteiger partial charge in [0.15, 0.2) is 0 Å². The van der Waals surface area contributed by atoms with E-state index >= 15 is 0 Å². The van der Waals surface area contributed by atoms with E-state index in [-0.39, 0.29) is 5.69 Å². The Bertz CT molecular complexity index is 1250. The van der Waals surface area contributed by atoms with Gasteiger partial charge in [-0.3, -0.25) is 9.55 Å². The monoisotopic (exact) mass is 425 g/mol. The second kappa shape index (κ2) is 8.14. The van der Waals surface area contributed by atoms with Crippen LogP contribution in [0.15, 0.2) is 73.1 Å². The van der Waals surface area contributed by atoms with Gasteiger partial charge >= 0.3 is 12.2 Å². The number of aryl methyl sites for hydroxylation is 1. The summed E-state index contributed by atoms with van der Waals surface area (Å²) in [6.45, 7) is 2.01. The predicted molar refractivity (Wildman–Crippen MR) is 111 cm³/mol. The lowest BCUT2D eigenvalue weighted by Crippen LogP contribution is -2.18. The van der Waals surface area contributed by atoms with Crippen LogP contribution in [0.4, 0.5) is 23.7 Å². The lowest BCUT2D eigenvalue weighted by atomic mass is 10.2. The highest BCUT2D eigenvalue weighted by molar-refractivity contribution is 5.98. The van der Waals surface area contributed by atoms with Crippen molar-refractivity contribution in [2.24, 2.45) is 0 Å². The summed E-state index contributed by atoms with van der Waals surface area (Å²) in [4.78, 5) is 16.9. The van der Waals surface area contributed by atoms with E-state index in [1.165, 1.54) is 16.7 Å². The number of alkyl halides is 3. The van der Waals surface area contributed by atoms with Crippen molar-refractivity contribution in [3.8, 4) is 11.5 Å². The Morgan fingerprint density at radius 1 is 1.06 bits per heavy atom. The van der Waals surface area contributed by atoms with Gasteiger partial charge in [-0.1, -0.05) is 13.0 Å². The van der Waals surface area contributed by atoms with E-state index in [2.05, 4.69) is 10.3 Å². The summed E-state index contributed by atoms with van der Waals surface area (Å²) in [6, 6.07) is 14.5. The summed E-state index contributed by atoms with van der Waals surface area (Å²) in [5.41, 5.74) is 0.745. The van der Waals surface area contributed by atoms with Crippen LogP contribution in [0.3, 0.4) is 0 Å². The summed E-state index contributed by atoms with van der Waals surface area (Å²) < 4.78 is 45.9. The molecule has 0 aliphatic heterocycles. The van der Waals surface area contributed by atoms with Gasteiger partial charge in [0.1, 0.15) is 11.5 Å². The van der Waals surface area contributed by atoms with Crippen molar-refractivity contribution in [2.75, 3.05) is 5.32 Å². The van der Waals surface area contributed by atoms with E-state index in [9.17, 15) is 18.0 Å². The number of hydrogen-bond acceptors (Lipinski definition) is 3. The van der Waals surface area contributed by atoms with Gasteiger partial charge in [-0.25, -0.2) is 4.79 Å². The molecule has 5 nitrogen and oxygen atoms in total. The topological polar surface area (TPSA) is 56.1 Å². The number of anilines is 1. The van der Waals surface area contributed by atoms with Crippen LogP contribution >= 0.6 is 0 Å². The van der Waals surface area contributed by atoms with Crippen LogP contribution in [-0.4, -0.2) is 15.6 Å². The van der Waals surface area contributed by atoms with Crippen LogP contribution in [0.1, 0.15) is 18.2 Å². The minimum absolute atomic E-state index is 0.0612. The molecule has 2 heterocycles. The summed E-state index contributed by atoms with van der Waals surface area (Å²) in [6.07, 6.45) is -0.454. The second-order valence-electron chi connectivity index (χ2n) is 6.85. The molecule has 0 bridgehead atoms. The van der Waals surface area contributed by atoms with Gasteiger partial charge in [0.25, 0.3) is 0 Å². The first kappa shape index (κ1) is 20.5. The van der Waals surface area contributed by atoms with E-state index in [4.69, 9.17) is 4.74 Å². The molecule has 0 unspecified atom stereocenters. The minimum atomic E-state index is -4.48. The van der Waals surface area contributed by atoms with Crippen molar-refractivity contribution in [3.63, 3.8) is 0 Å². The molecule has 2 aromatic carbocycles. The maximum Gasteiger partial charge on any atom is 0.416 e. The Balaban J connectivity index is 1.54. The molecule has 8 heteroatoms. The van der Waals surface area contributed by atoms with Gasteiger partial charge < -0.3 is 10.1 Å². The molecule has 31 heavy (non-hydrogen) atoms. The smallest absolute Gasteiger partial charge is 0.416 e. The molecule has 158 valence electrons. The van der Waals surface area contributed by atoms with E-state index in [1.54, 1.807) is 42.7 Å². The van der Waals surface area contributed by atoms with Crippen LogP contribution in [0.2, 0.25) is 0 Å². The number of benzene rings is 2. The summed E-state index contributed by atoms with van der Waals surface area (Å²) in [7, 11) is 0. The van der Waals surface area contributed by atoms with E-state index in [0.29, 0.717) is 17.0 Å². The third-order valence-corrected chi connectivity index (χ3v) is 4.71. The number of rotatable bonds is 4. The predicted octanol–water partition coefficient (Wildman–Crippen LogP) is 6.49. The summed E-state index contributed by atoms with van der Waals surface area (Å²) in [5.74, 6) is 1.25. The molecule has 1 amide bonds.